The topological polar surface area (TPSA) is 89.8 Å². The molecule has 0 radical (unpaired) electrons. The van der Waals surface area contributed by atoms with Crippen LogP contribution in [0.4, 0.5) is 0 Å². The van der Waals surface area contributed by atoms with E-state index in [9.17, 15) is 9.59 Å². The number of fused-ring (bicyclic) bond motifs is 1. The summed E-state index contributed by atoms with van der Waals surface area (Å²) in [7, 11) is 0. The number of aryl methyl sites for hydroxylation is 1. The number of hydrogen-bond acceptors (Lipinski definition) is 3. The van der Waals surface area contributed by atoms with Crippen LogP contribution in [0.25, 0.3) is 11.0 Å². The molecular weight excluding hydrogens is 268 g/mol. The first kappa shape index (κ1) is 13.9. The maximum atomic E-state index is 11.8. The summed E-state index contributed by atoms with van der Waals surface area (Å²) in [4.78, 5) is 28.5. The van der Waals surface area contributed by atoms with Crippen LogP contribution >= 0.6 is 0 Å². The van der Waals surface area contributed by atoms with Gasteiger partial charge in [-0.05, 0) is 43.5 Å². The fourth-order valence-electron chi connectivity index (χ4n) is 2.77. The molecule has 1 aliphatic rings. The van der Waals surface area contributed by atoms with E-state index in [1.165, 1.54) is 0 Å². The summed E-state index contributed by atoms with van der Waals surface area (Å²) >= 11 is 0. The van der Waals surface area contributed by atoms with Crippen molar-refractivity contribution in [2.45, 2.75) is 31.7 Å². The number of aromatic nitrogens is 2. The van der Waals surface area contributed by atoms with Crippen LogP contribution in [0.5, 0.6) is 0 Å². The van der Waals surface area contributed by atoms with E-state index in [1.807, 2.05) is 18.2 Å². The highest BCUT2D eigenvalue weighted by atomic mass is 16.1. The third-order valence-electron chi connectivity index (χ3n) is 3.88. The first-order chi connectivity index (χ1) is 10.2. The largest absolute Gasteiger partial charge is 0.352 e. The normalized spacial score (nSPS) is 18.2. The van der Waals surface area contributed by atoms with Crippen LogP contribution in [0.3, 0.4) is 0 Å². The Morgan fingerprint density at radius 2 is 2.14 bits per heavy atom. The Kier molecular flexibility index (Phi) is 4.06. The molecule has 6 nitrogen and oxygen atoms in total. The zero-order chi connectivity index (χ0) is 14.7. The van der Waals surface area contributed by atoms with Crippen molar-refractivity contribution < 1.29 is 4.79 Å². The minimum atomic E-state index is -0.188. The van der Waals surface area contributed by atoms with Crippen molar-refractivity contribution in [1.82, 2.24) is 20.6 Å². The second kappa shape index (κ2) is 6.13. The van der Waals surface area contributed by atoms with Crippen LogP contribution in [0.15, 0.2) is 23.0 Å². The van der Waals surface area contributed by atoms with Gasteiger partial charge in [-0.3, -0.25) is 4.79 Å². The highest BCUT2D eigenvalue weighted by molar-refractivity contribution is 5.76. The lowest BCUT2D eigenvalue weighted by Crippen LogP contribution is -2.36. The maximum absolute atomic E-state index is 11.8. The first-order valence-electron chi connectivity index (χ1n) is 7.42. The van der Waals surface area contributed by atoms with E-state index in [0.29, 0.717) is 12.5 Å². The summed E-state index contributed by atoms with van der Waals surface area (Å²) in [5, 5.41) is 6.28. The van der Waals surface area contributed by atoms with Gasteiger partial charge in [0.05, 0.1) is 11.0 Å². The second-order valence-corrected chi connectivity index (χ2v) is 5.57. The maximum Gasteiger partial charge on any atom is 0.323 e. The minimum absolute atomic E-state index is 0.125. The highest BCUT2D eigenvalue weighted by Crippen LogP contribution is 2.12. The van der Waals surface area contributed by atoms with Crippen molar-refractivity contribution in [3.8, 4) is 0 Å². The minimum Gasteiger partial charge on any atom is -0.352 e. The zero-order valence-electron chi connectivity index (χ0n) is 11.9. The number of H-pyrrole nitrogens is 2. The Balaban J connectivity index is 1.49. The monoisotopic (exact) mass is 288 g/mol. The van der Waals surface area contributed by atoms with Crippen LogP contribution in [-0.4, -0.2) is 35.0 Å². The van der Waals surface area contributed by atoms with Crippen molar-refractivity contribution in [2.24, 2.45) is 0 Å². The summed E-state index contributed by atoms with van der Waals surface area (Å²) in [5.74, 6) is 0.125. The quantitative estimate of drug-likeness (QED) is 0.651. The molecule has 1 aromatic carbocycles. The fraction of sp³-hybridized carbons (Fsp3) is 0.467. The molecule has 3 rings (SSSR count). The molecule has 2 heterocycles. The van der Waals surface area contributed by atoms with Crippen molar-refractivity contribution >= 4 is 16.9 Å². The molecule has 1 aliphatic heterocycles. The van der Waals surface area contributed by atoms with E-state index in [2.05, 4.69) is 20.6 Å². The van der Waals surface area contributed by atoms with Crippen molar-refractivity contribution in [2.75, 3.05) is 13.1 Å². The number of carbonyl (C=O) groups is 1. The molecule has 1 atom stereocenters. The molecule has 6 heteroatoms. The van der Waals surface area contributed by atoms with Gasteiger partial charge in [0.15, 0.2) is 0 Å². The Labute approximate surface area is 122 Å². The van der Waals surface area contributed by atoms with Gasteiger partial charge in [0.1, 0.15) is 0 Å². The first-order valence-corrected chi connectivity index (χ1v) is 7.42. The van der Waals surface area contributed by atoms with Crippen molar-refractivity contribution in [3.63, 3.8) is 0 Å². The lowest BCUT2D eigenvalue weighted by molar-refractivity contribution is -0.121. The van der Waals surface area contributed by atoms with E-state index in [1.54, 1.807) is 0 Å². The van der Waals surface area contributed by atoms with Gasteiger partial charge in [-0.1, -0.05) is 6.07 Å². The smallest absolute Gasteiger partial charge is 0.323 e. The molecule has 4 N–H and O–H groups in total. The summed E-state index contributed by atoms with van der Waals surface area (Å²) in [5.41, 5.74) is 2.58. The molecule has 0 spiro atoms. The average Bonchev–Trinajstić information content (AvgIpc) is 3.06. The fourth-order valence-corrected chi connectivity index (χ4v) is 2.77. The molecule has 1 fully saturated rings. The van der Waals surface area contributed by atoms with Crippen molar-refractivity contribution in [3.05, 3.63) is 34.2 Å². The second-order valence-electron chi connectivity index (χ2n) is 5.57. The lowest BCUT2D eigenvalue weighted by atomic mass is 10.1. The Bertz CT molecular complexity index is 682. The standard InChI is InChI=1S/C15H20N4O2/c20-14(17-11-6-7-16-9-11)3-1-2-10-4-5-12-13(8-10)19-15(21)18-12/h4-5,8,11,16H,1-3,6-7,9H2,(H,17,20)(H2,18,19,21). The van der Waals surface area contributed by atoms with Crippen LogP contribution in [0.1, 0.15) is 24.8 Å². The van der Waals surface area contributed by atoms with E-state index < -0.39 is 0 Å². The van der Waals surface area contributed by atoms with Crippen LogP contribution in [0, 0.1) is 0 Å². The highest BCUT2D eigenvalue weighted by Gasteiger charge is 2.16. The molecule has 0 aliphatic carbocycles. The molecule has 2 aromatic rings. The summed E-state index contributed by atoms with van der Waals surface area (Å²) in [6, 6.07) is 6.14. The number of rotatable bonds is 5. The SMILES string of the molecule is O=C(CCCc1ccc2[nH]c(=O)[nH]c2c1)NC1CCNC1. The number of nitrogens with one attached hydrogen (secondary N) is 4. The predicted molar refractivity (Wildman–Crippen MR) is 81.3 cm³/mol. The summed E-state index contributed by atoms with van der Waals surface area (Å²) in [6.45, 7) is 1.86. The number of hydrogen-bond donors (Lipinski definition) is 4. The van der Waals surface area contributed by atoms with E-state index in [4.69, 9.17) is 0 Å². The number of amides is 1. The van der Waals surface area contributed by atoms with Gasteiger partial charge in [-0.2, -0.15) is 0 Å². The van der Waals surface area contributed by atoms with E-state index >= 15 is 0 Å². The van der Waals surface area contributed by atoms with Gasteiger partial charge >= 0.3 is 5.69 Å². The van der Waals surface area contributed by atoms with Crippen LogP contribution in [0.2, 0.25) is 0 Å². The molecule has 1 aromatic heterocycles. The Hall–Kier alpha value is -2.08. The zero-order valence-corrected chi connectivity index (χ0v) is 11.9. The number of benzene rings is 1. The van der Waals surface area contributed by atoms with Gasteiger partial charge in [0, 0.05) is 19.0 Å². The number of imidazole rings is 1. The molecule has 1 amide bonds. The average molecular weight is 288 g/mol. The lowest BCUT2D eigenvalue weighted by Gasteiger charge is -2.11. The molecule has 21 heavy (non-hydrogen) atoms. The summed E-state index contributed by atoms with van der Waals surface area (Å²) < 4.78 is 0. The molecule has 1 saturated heterocycles. The van der Waals surface area contributed by atoms with Gasteiger partial charge in [0.25, 0.3) is 0 Å². The van der Waals surface area contributed by atoms with Gasteiger partial charge in [0.2, 0.25) is 5.91 Å². The van der Waals surface area contributed by atoms with Crippen LogP contribution in [-0.2, 0) is 11.2 Å². The molecule has 0 bridgehead atoms. The van der Waals surface area contributed by atoms with Gasteiger partial charge in [-0.15, -0.1) is 0 Å². The number of aromatic amines is 2. The third kappa shape index (κ3) is 3.52. The molecule has 112 valence electrons. The predicted octanol–water partition coefficient (Wildman–Crippen LogP) is 0.657. The van der Waals surface area contributed by atoms with Gasteiger partial charge < -0.3 is 20.6 Å². The van der Waals surface area contributed by atoms with Crippen molar-refractivity contribution in [1.29, 1.82) is 0 Å². The summed E-state index contributed by atoms with van der Waals surface area (Å²) in [6.07, 6.45) is 3.20. The molecule has 1 unspecified atom stereocenters. The Morgan fingerprint density at radius 1 is 1.29 bits per heavy atom. The van der Waals surface area contributed by atoms with Crippen LogP contribution < -0.4 is 16.3 Å². The number of carbonyl (C=O) groups excluding carboxylic acids is 1. The van der Waals surface area contributed by atoms with E-state index in [-0.39, 0.29) is 11.6 Å². The van der Waals surface area contributed by atoms with Gasteiger partial charge in [-0.25, -0.2) is 4.79 Å². The molecule has 0 saturated carbocycles. The third-order valence-corrected chi connectivity index (χ3v) is 3.88. The molecular formula is C15H20N4O2. The van der Waals surface area contributed by atoms with E-state index in [0.717, 1.165) is 48.9 Å². The Morgan fingerprint density at radius 3 is 2.95 bits per heavy atom.